The fourth-order valence-electron chi connectivity index (χ4n) is 1.77. The Balaban J connectivity index is 2.19. The molecule has 0 aromatic rings. The minimum absolute atomic E-state index is 0.435. The molecule has 2 unspecified atom stereocenters. The van der Waals surface area contributed by atoms with Gasteiger partial charge in [0.15, 0.2) is 0 Å². The molecule has 2 aliphatic rings. The molecular formula is C6H10NSe. The molecule has 2 bridgehead atoms. The van der Waals surface area contributed by atoms with Gasteiger partial charge >= 0.3 is 57.5 Å². The minimum atomic E-state index is 0.435. The van der Waals surface area contributed by atoms with Crippen molar-refractivity contribution in [1.29, 1.82) is 0 Å². The van der Waals surface area contributed by atoms with Crippen LogP contribution >= 0.6 is 0 Å². The van der Waals surface area contributed by atoms with Crippen LogP contribution in [0.5, 0.6) is 0 Å². The first-order valence-electron chi connectivity index (χ1n) is 3.24. The zero-order chi connectivity index (χ0) is 5.61. The molecule has 2 fully saturated rings. The summed E-state index contributed by atoms with van der Waals surface area (Å²) in [7, 11) is 0. The molecule has 1 radical (unpaired) electrons. The van der Waals surface area contributed by atoms with Gasteiger partial charge in [-0.25, -0.2) is 0 Å². The molecule has 2 atom stereocenters. The van der Waals surface area contributed by atoms with Crippen molar-refractivity contribution < 1.29 is 0 Å². The predicted octanol–water partition coefficient (Wildman–Crippen LogP) is 0.255. The molecule has 1 aliphatic carbocycles. The molecule has 1 N–H and O–H groups in total. The zero-order valence-electron chi connectivity index (χ0n) is 4.81. The monoisotopic (exact) mass is 176 g/mol. The van der Waals surface area contributed by atoms with Crippen LogP contribution in [-0.2, 0) is 0 Å². The van der Waals surface area contributed by atoms with Crippen LogP contribution in [0.1, 0.15) is 19.3 Å². The Labute approximate surface area is 58.0 Å². The summed E-state index contributed by atoms with van der Waals surface area (Å²) in [5.41, 5.74) is 0. The second-order valence-corrected chi connectivity index (χ2v) is 4.62. The number of fused-ring (bicyclic) bond motifs is 2. The Hall–Kier alpha value is 0.479. The number of hydrogen-bond acceptors (Lipinski definition) is 1. The second kappa shape index (κ2) is 1.50. The number of nitrogens with one attached hydrogen (secondary N) is 1. The summed E-state index contributed by atoms with van der Waals surface area (Å²) in [6, 6.07) is 0. The molecule has 2 rings (SSSR count). The van der Waals surface area contributed by atoms with Crippen molar-refractivity contribution in [3.8, 4) is 0 Å². The van der Waals surface area contributed by atoms with E-state index in [2.05, 4.69) is 21.3 Å². The Bertz CT molecular complexity index is 105. The van der Waals surface area contributed by atoms with Crippen molar-refractivity contribution >= 4 is 16.0 Å². The van der Waals surface area contributed by atoms with Gasteiger partial charge in [-0.15, -0.1) is 0 Å². The van der Waals surface area contributed by atoms with Crippen molar-refractivity contribution in [3.63, 3.8) is 0 Å². The Morgan fingerprint density at radius 1 is 1.62 bits per heavy atom. The van der Waals surface area contributed by atoms with Crippen molar-refractivity contribution in [2.75, 3.05) is 6.54 Å². The zero-order valence-corrected chi connectivity index (χ0v) is 6.53. The third kappa shape index (κ3) is 0.637. The van der Waals surface area contributed by atoms with E-state index in [0.29, 0.717) is 4.44 Å². The van der Waals surface area contributed by atoms with Crippen molar-refractivity contribution in [3.05, 3.63) is 0 Å². The molecule has 1 heterocycles. The van der Waals surface area contributed by atoms with Gasteiger partial charge in [0, 0.05) is 0 Å². The summed E-state index contributed by atoms with van der Waals surface area (Å²) in [6.07, 6.45) is 4.19. The van der Waals surface area contributed by atoms with Crippen LogP contribution in [0.2, 0.25) is 0 Å². The van der Waals surface area contributed by atoms with E-state index in [0.717, 1.165) is 5.92 Å². The van der Waals surface area contributed by atoms with Gasteiger partial charge in [0.1, 0.15) is 0 Å². The fourth-order valence-corrected chi connectivity index (χ4v) is 2.69. The summed E-state index contributed by atoms with van der Waals surface area (Å²) in [5.74, 6) is 0.997. The van der Waals surface area contributed by atoms with Crippen LogP contribution in [0.3, 0.4) is 0 Å². The first kappa shape index (κ1) is 5.28. The molecule has 1 aliphatic heterocycles. The van der Waals surface area contributed by atoms with Crippen LogP contribution in [0, 0.1) is 5.92 Å². The van der Waals surface area contributed by atoms with E-state index in [4.69, 9.17) is 0 Å². The SMILES string of the molecule is [Se]C12CCC(CN1)C2. The van der Waals surface area contributed by atoms with E-state index in [-0.39, 0.29) is 0 Å². The van der Waals surface area contributed by atoms with E-state index in [1.165, 1.54) is 25.8 Å². The van der Waals surface area contributed by atoms with E-state index < -0.39 is 0 Å². The number of piperidine rings is 1. The van der Waals surface area contributed by atoms with Crippen molar-refractivity contribution in [2.24, 2.45) is 5.92 Å². The number of hydrogen-bond donors (Lipinski definition) is 1. The van der Waals surface area contributed by atoms with Gasteiger partial charge in [-0.2, -0.15) is 0 Å². The third-order valence-corrected chi connectivity index (χ3v) is 3.37. The first-order chi connectivity index (χ1) is 3.79. The van der Waals surface area contributed by atoms with E-state index in [9.17, 15) is 0 Å². The van der Waals surface area contributed by atoms with Crippen LogP contribution in [0.4, 0.5) is 0 Å². The van der Waals surface area contributed by atoms with E-state index in [1.807, 2.05) is 0 Å². The Kier molecular flexibility index (Phi) is 0.988. The van der Waals surface area contributed by atoms with Crippen LogP contribution < -0.4 is 5.32 Å². The Morgan fingerprint density at radius 2 is 2.50 bits per heavy atom. The predicted molar refractivity (Wildman–Crippen MR) is 33.8 cm³/mol. The molecule has 1 saturated heterocycles. The van der Waals surface area contributed by atoms with Gasteiger partial charge in [0.05, 0.1) is 0 Å². The molecular weight excluding hydrogens is 165 g/mol. The summed E-state index contributed by atoms with van der Waals surface area (Å²) in [5, 5.41) is 3.48. The van der Waals surface area contributed by atoms with Gasteiger partial charge < -0.3 is 0 Å². The summed E-state index contributed by atoms with van der Waals surface area (Å²) < 4.78 is 0.435. The van der Waals surface area contributed by atoms with Crippen molar-refractivity contribution in [2.45, 2.75) is 23.7 Å². The van der Waals surface area contributed by atoms with Gasteiger partial charge in [-0.05, 0) is 0 Å². The molecule has 1 saturated carbocycles. The van der Waals surface area contributed by atoms with Crippen LogP contribution in [0.15, 0.2) is 0 Å². The molecule has 8 heavy (non-hydrogen) atoms. The normalized spacial score (nSPS) is 52.9. The summed E-state index contributed by atoms with van der Waals surface area (Å²) >= 11 is 3.23. The van der Waals surface area contributed by atoms with Crippen LogP contribution in [0.25, 0.3) is 0 Å². The quantitative estimate of drug-likeness (QED) is 0.520. The average molecular weight is 175 g/mol. The number of rotatable bonds is 0. The maximum atomic E-state index is 3.48. The molecule has 0 amide bonds. The molecule has 0 aromatic carbocycles. The topological polar surface area (TPSA) is 12.0 Å². The summed E-state index contributed by atoms with van der Waals surface area (Å²) in [6.45, 7) is 1.26. The standard InChI is InChI=1S/C6H10NSe/c8-6-2-1-5(3-6)4-7-6/h5,7H,1-4H2. The fraction of sp³-hybridized carbons (Fsp3) is 1.00. The van der Waals surface area contributed by atoms with Gasteiger partial charge in [0.2, 0.25) is 0 Å². The van der Waals surface area contributed by atoms with E-state index in [1.54, 1.807) is 0 Å². The molecule has 45 valence electrons. The van der Waals surface area contributed by atoms with Gasteiger partial charge in [-0.1, -0.05) is 0 Å². The second-order valence-electron chi connectivity index (χ2n) is 2.98. The summed E-state index contributed by atoms with van der Waals surface area (Å²) in [4.78, 5) is 0. The van der Waals surface area contributed by atoms with Crippen LogP contribution in [-0.4, -0.2) is 27.0 Å². The first-order valence-corrected chi connectivity index (χ1v) is 4.10. The van der Waals surface area contributed by atoms with Gasteiger partial charge in [0.25, 0.3) is 0 Å². The van der Waals surface area contributed by atoms with Gasteiger partial charge in [-0.3, -0.25) is 0 Å². The molecule has 0 aromatic heterocycles. The Morgan fingerprint density at radius 3 is 2.62 bits per heavy atom. The van der Waals surface area contributed by atoms with E-state index >= 15 is 0 Å². The van der Waals surface area contributed by atoms with Crippen molar-refractivity contribution in [1.82, 2.24) is 5.32 Å². The molecule has 2 heteroatoms. The molecule has 1 nitrogen and oxygen atoms in total. The third-order valence-electron chi connectivity index (χ3n) is 2.29. The maximum absolute atomic E-state index is 3.48. The molecule has 0 spiro atoms. The average Bonchev–Trinajstić information content (AvgIpc) is 2.21.